The molecule has 1 aliphatic heterocycles. The van der Waals surface area contributed by atoms with E-state index >= 15 is 0 Å². The van der Waals surface area contributed by atoms with Gasteiger partial charge in [-0.05, 0) is 31.6 Å². The summed E-state index contributed by atoms with van der Waals surface area (Å²) in [6.07, 6.45) is 5.14. The molecule has 4 nitrogen and oxygen atoms in total. The molecule has 0 spiro atoms. The molecule has 1 saturated heterocycles. The quantitative estimate of drug-likeness (QED) is 0.770. The Morgan fingerprint density at radius 3 is 2.82 bits per heavy atom. The second kappa shape index (κ2) is 5.71. The third kappa shape index (κ3) is 3.35. The lowest BCUT2D eigenvalue weighted by molar-refractivity contribution is 0.128. The van der Waals surface area contributed by atoms with Crippen molar-refractivity contribution in [3.63, 3.8) is 0 Å². The van der Waals surface area contributed by atoms with Crippen molar-refractivity contribution in [3.8, 4) is 0 Å². The summed E-state index contributed by atoms with van der Waals surface area (Å²) in [4.78, 5) is 13.9. The van der Waals surface area contributed by atoms with Crippen LogP contribution in [0.1, 0.15) is 39.0 Å². The van der Waals surface area contributed by atoms with Gasteiger partial charge in [0.05, 0.1) is 6.10 Å². The molecule has 1 aliphatic carbocycles. The lowest BCUT2D eigenvalue weighted by Gasteiger charge is -2.31. The number of likely N-dealkylation sites (tertiary alicyclic amines) is 1. The summed E-state index contributed by atoms with van der Waals surface area (Å²) < 4.78 is 0. The molecule has 0 aromatic rings. The summed E-state index contributed by atoms with van der Waals surface area (Å²) in [7, 11) is 0. The number of rotatable bonds is 2. The van der Waals surface area contributed by atoms with E-state index in [0.29, 0.717) is 12.5 Å². The SMILES string of the molecule is CC1CCCN(C(=O)NCC2CCCC2O)C1. The highest BCUT2D eigenvalue weighted by Gasteiger charge is 2.27. The summed E-state index contributed by atoms with van der Waals surface area (Å²) in [5.74, 6) is 0.882. The van der Waals surface area contributed by atoms with E-state index in [1.807, 2.05) is 4.90 Å². The van der Waals surface area contributed by atoms with Crippen molar-refractivity contribution in [1.29, 1.82) is 0 Å². The van der Waals surface area contributed by atoms with E-state index in [1.165, 1.54) is 6.42 Å². The smallest absolute Gasteiger partial charge is 0.317 e. The predicted molar refractivity (Wildman–Crippen MR) is 66.7 cm³/mol. The van der Waals surface area contributed by atoms with Gasteiger partial charge in [0.25, 0.3) is 0 Å². The van der Waals surface area contributed by atoms with E-state index in [9.17, 15) is 9.90 Å². The van der Waals surface area contributed by atoms with Crippen LogP contribution < -0.4 is 5.32 Å². The van der Waals surface area contributed by atoms with Gasteiger partial charge in [0.2, 0.25) is 0 Å². The zero-order chi connectivity index (χ0) is 12.3. The average molecular weight is 240 g/mol. The number of nitrogens with zero attached hydrogens (tertiary/aromatic N) is 1. The minimum absolute atomic E-state index is 0.0515. The van der Waals surface area contributed by atoms with Gasteiger partial charge in [-0.15, -0.1) is 0 Å². The summed E-state index contributed by atoms with van der Waals surface area (Å²) in [6.45, 7) is 4.58. The summed E-state index contributed by atoms with van der Waals surface area (Å²) in [6, 6.07) is 0.0515. The van der Waals surface area contributed by atoms with Gasteiger partial charge in [-0.25, -0.2) is 4.79 Å². The van der Waals surface area contributed by atoms with Crippen LogP contribution in [0.25, 0.3) is 0 Å². The Labute approximate surface area is 103 Å². The van der Waals surface area contributed by atoms with Crippen LogP contribution in [0.15, 0.2) is 0 Å². The van der Waals surface area contributed by atoms with E-state index in [-0.39, 0.29) is 18.1 Å². The highest BCUT2D eigenvalue weighted by molar-refractivity contribution is 5.74. The van der Waals surface area contributed by atoms with E-state index in [4.69, 9.17) is 0 Å². The Morgan fingerprint density at radius 2 is 2.18 bits per heavy atom. The van der Waals surface area contributed by atoms with Crippen LogP contribution in [0.4, 0.5) is 4.79 Å². The van der Waals surface area contributed by atoms with Crippen LogP contribution in [0, 0.1) is 11.8 Å². The van der Waals surface area contributed by atoms with Gasteiger partial charge in [-0.2, -0.15) is 0 Å². The van der Waals surface area contributed by atoms with Crippen molar-refractivity contribution in [3.05, 3.63) is 0 Å². The first-order valence-corrected chi connectivity index (χ1v) is 6.87. The predicted octanol–water partition coefficient (Wildman–Crippen LogP) is 1.59. The molecule has 0 radical (unpaired) electrons. The van der Waals surface area contributed by atoms with Crippen molar-refractivity contribution in [1.82, 2.24) is 10.2 Å². The van der Waals surface area contributed by atoms with E-state index in [2.05, 4.69) is 12.2 Å². The van der Waals surface area contributed by atoms with E-state index < -0.39 is 0 Å². The normalized spacial score (nSPS) is 33.8. The Morgan fingerprint density at radius 1 is 1.35 bits per heavy atom. The second-order valence-corrected chi connectivity index (χ2v) is 5.64. The number of piperidine rings is 1. The van der Waals surface area contributed by atoms with Gasteiger partial charge < -0.3 is 15.3 Å². The largest absolute Gasteiger partial charge is 0.393 e. The Balaban J connectivity index is 1.73. The van der Waals surface area contributed by atoms with Crippen LogP contribution in [-0.4, -0.2) is 41.8 Å². The molecule has 3 unspecified atom stereocenters. The number of aliphatic hydroxyl groups is 1. The number of hydrogen-bond donors (Lipinski definition) is 2. The van der Waals surface area contributed by atoms with Gasteiger partial charge in [0.15, 0.2) is 0 Å². The summed E-state index contributed by atoms with van der Waals surface area (Å²) in [5.41, 5.74) is 0. The minimum Gasteiger partial charge on any atom is -0.393 e. The van der Waals surface area contributed by atoms with Crippen molar-refractivity contribution >= 4 is 6.03 Å². The molecule has 3 atom stereocenters. The maximum absolute atomic E-state index is 11.9. The molecular weight excluding hydrogens is 216 g/mol. The van der Waals surface area contributed by atoms with Crippen molar-refractivity contribution < 1.29 is 9.90 Å². The molecule has 17 heavy (non-hydrogen) atoms. The Hall–Kier alpha value is -0.770. The molecule has 4 heteroatoms. The second-order valence-electron chi connectivity index (χ2n) is 5.64. The summed E-state index contributed by atoms with van der Waals surface area (Å²) in [5, 5.41) is 12.7. The maximum Gasteiger partial charge on any atom is 0.317 e. The highest BCUT2D eigenvalue weighted by Crippen LogP contribution is 2.24. The number of nitrogens with one attached hydrogen (secondary N) is 1. The number of aliphatic hydroxyl groups excluding tert-OH is 1. The molecule has 1 saturated carbocycles. The number of hydrogen-bond acceptors (Lipinski definition) is 2. The lowest BCUT2D eigenvalue weighted by atomic mass is 10.0. The topological polar surface area (TPSA) is 52.6 Å². The first-order valence-electron chi connectivity index (χ1n) is 6.87. The van der Waals surface area contributed by atoms with Crippen molar-refractivity contribution in [2.75, 3.05) is 19.6 Å². The fourth-order valence-corrected chi connectivity index (χ4v) is 2.96. The Kier molecular flexibility index (Phi) is 4.26. The molecule has 2 N–H and O–H groups in total. The van der Waals surface area contributed by atoms with Gasteiger partial charge in [-0.3, -0.25) is 0 Å². The molecule has 2 amide bonds. The third-order valence-corrected chi connectivity index (χ3v) is 4.08. The molecule has 0 bridgehead atoms. The van der Waals surface area contributed by atoms with Crippen LogP contribution in [0.2, 0.25) is 0 Å². The first kappa shape index (κ1) is 12.7. The van der Waals surface area contributed by atoms with E-state index in [0.717, 1.165) is 38.8 Å². The Bertz CT molecular complexity index is 270. The third-order valence-electron chi connectivity index (χ3n) is 4.08. The summed E-state index contributed by atoms with van der Waals surface area (Å²) >= 11 is 0. The van der Waals surface area contributed by atoms with Gasteiger partial charge in [-0.1, -0.05) is 13.3 Å². The molecule has 2 rings (SSSR count). The average Bonchev–Trinajstić information content (AvgIpc) is 2.72. The fourth-order valence-electron chi connectivity index (χ4n) is 2.96. The van der Waals surface area contributed by atoms with Crippen LogP contribution in [-0.2, 0) is 0 Å². The first-order chi connectivity index (χ1) is 8.16. The number of urea groups is 1. The molecule has 2 aliphatic rings. The monoisotopic (exact) mass is 240 g/mol. The van der Waals surface area contributed by atoms with Crippen molar-refractivity contribution in [2.45, 2.75) is 45.1 Å². The zero-order valence-corrected chi connectivity index (χ0v) is 10.7. The van der Waals surface area contributed by atoms with Crippen LogP contribution >= 0.6 is 0 Å². The number of amides is 2. The van der Waals surface area contributed by atoms with Gasteiger partial charge in [0.1, 0.15) is 0 Å². The van der Waals surface area contributed by atoms with Crippen LogP contribution in [0.5, 0.6) is 0 Å². The minimum atomic E-state index is -0.212. The lowest BCUT2D eigenvalue weighted by Crippen LogP contribution is -2.46. The van der Waals surface area contributed by atoms with Crippen LogP contribution in [0.3, 0.4) is 0 Å². The molecule has 0 aromatic carbocycles. The van der Waals surface area contributed by atoms with Gasteiger partial charge in [0, 0.05) is 25.6 Å². The fraction of sp³-hybridized carbons (Fsp3) is 0.923. The molecule has 0 aromatic heterocycles. The molecule has 1 heterocycles. The number of carbonyl (C=O) groups is 1. The zero-order valence-electron chi connectivity index (χ0n) is 10.7. The molecule has 98 valence electrons. The molecule has 2 fully saturated rings. The highest BCUT2D eigenvalue weighted by atomic mass is 16.3. The number of carbonyl (C=O) groups excluding carboxylic acids is 1. The maximum atomic E-state index is 11.9. The standard InChI is InChI=1S/C13H24N2O2/c1-10-4-3-7-15(9-10)13(17)14-8-11-5-2-6-12(11)16/h10-12,16H,2-9H2,1H3,(H,14,17). The van der Waals surface area contributed by atoms with E-state index in [1.54, 1.807) is 0 Å². The molecular formula is C13H24N2O2. The van der Waals surface area contributed by atoms with Gasteiger partial charge >= 0.3 is 6.03 Å². The van der Waals surface area contributed by atoms with Crippen molar-refractivity contribution in [2.24, 2.45) is 11.8 Å².